The van der Waals surface area contributed by atoms with Gasteiger partial charge in [0.15, 0.2) is 7.49 Å². The maximum atomic E-state index is 5.56. The average Bonchev–Trinajstić information content (AvgIpc) is 2.32. The molecule has 2 rings (SSSR count). The Bertz CT molecular complexity index is 126. The van der Waals surface area contributed by atoms with Crippen molar-refractivity contribution in [1.82, 2.24) is 0 Å². The van der Waals surface area contributed by atoms with Gasteiger partial charge in [-0.15, -0.1) is 0 Å². The van der Waals surface area contributed by atoms with E-state index in [2.05, 4.69) is 13.6 Å². The fourth-order valence-corrected chi connectivity index (χ4v) is 5.28. The van der Waals surface area contributed by atoms with Crippen molar-refractivity contribution in [1.29, 1.82) is 0 Å². The summed E-state index contributed by atoms with van der Waals surface area (Å²) in [6, 6.07) is 0. The predicted octanol–water partition coefficient (Wildman–Crippen LogP) is 1.94. The van der Waals surface area contributed by atoms with Gasteiger partial charge in [-0.1, -0.05) is 6.92 Å². The summed E-state index contributed by atoms with van der Waals surface area (Å²) in [5.41, 5.74) is 0. The quantitative estimate of drug-likeness (QED) is 0.361. The fraction of sp³-hybridized carbons (Fsp3) is 1.00. The van der Waals surface area contributed by atoms with Crippen LogP contribution in [-0.2, 0) is 4.52 Å². The van der Waals surface area contributed by atoms with Crippen molar-refractivity contribution in [3.8, 4) is 0 Å². The summed E-state index contributed by atoms with van der Waals surface area (Å²) in [4.78, 5) is 0. The number of fused-ring (bicyclic) bond motifs is 1. The van der Waals surface area contributed by atoms with Gasteiger partial charge in [-0.05, 0) is 6.42 Å². The van der Waals surface area contributed by atoms with Crippen molar-refractivity contribution in [2.24, 2.45) is 5.92 Å². The van der Waals surface area contributed by atoms with Gasteiger partial charge in [0, 0.05) is 5.92 Å². The largest absolute Gasteiger partial charge is 0.234 e. The highest BCUT2D eigenvalue weighted by molar-refractivity contribution is 7.76. The predicted molar refractivity (Wildman–Crippen MR) is 36.4 cm³/mol. The molecule has 46 valence electrons. The van der Waals surface area contributed by atoms with Gasteiger partial charge in [0.05, 0.1) is 12.8 Å². The van der Waals surface area contributed by atoms with Crippen LogP contribution in [0, 0.1) is 5.92 Å². The second kappa shape index (κ2) is 1.27. The van der Waals surface area contributed by atoms with E-state index in [0.717, 1.165) is 11.8 Å². The minimum absolute atomic E-state index is 0.683. The van der Waals surface area contributed by atoms with Crippen molar-refractivity contribution in [3.63, 3.8) is 0 Å². The van der Waals surface area contributed by atoms with E-state index < -0.39 is 7.49 Å². The van der Waals surface area contributed by atoms with Crippen molar-refractivity contribution in [2.75, 3.05) is 12.8 Å². The Morgan fingerprint density at radius 3 is 2.50 bits per heavy atom. The monoisotopic (exact) mass is 131 g/mol. The first-order valence-electron chi connectivity index (χ1n) is 3.26. The lowest BCUT2D eigenvalue weighted by Crippen LogP contribution is -1.95. The van der Waals surface area contributed by atoms with Crippen LogP contribution in [0.25, 0.3) is 0 Å². The van der Waals surface area contributed by atoms with Crippen molar-refractivity contribution >= 4 is 7.49 Å². The van der Waals surface area contributed by atoms with Crippen molar-refractivity contribution in [3.05, 3.63) is 0 Å². The van der Waals surface area contributed by atoms with Crippen LogP contribution in [-0.4, -0.2) is 18.7 Å². The summed E-state index contributed by atoms with van der Waals surface area (Å²) in [6.45, 7) is 4.64. The highest BCUT2D eigenvalue weighted by Gasteiger charge is 2.69. The third-order valence-electron chi connectivity index (χ3n) is 2.36. The smallest absolute Gasteiger partial charge is 0.190 e. The molecule has 2 saturated heterocycles. The minimum Gasteiger partial charge on any atom is -0.190 e. The maximum absolute atomic E-state index is 5.56. The third-order valence-corrected chi connectivity index (χ3v) is 5.69. The van der Waals surface area contributed by atoms with Crippen LogP contribution in [0.2, 0.25) is 0 Å². The molecule has 3 unspecified atom stereocenters. The number of rotatable bonds is 0. The van der Waals surface area contributed by atoms with E-state index in [4.69, 9.17) is 4.52 Å². The fourth-order valence-electron chi connectivity index (χ4n) is 1.64. The van der Waals surface area contributed by atoms with Gasteiger partial charge in [0.1, 0.15) is 0 Å². The van der Waals surface area contributed by atoms with Gasteiger partial charge in [-0.25, -0.2) is 0 Å². The van der Waals surface area contributed by atoms with E-state index >= 15 is 0 Å². The van der Waals surface area contributed by atoms with Crippen LogP contribution in [0.1, 0.15) is 13.3 Å². The molecule has 2 heterocycles. The molecular weight excluding hydrogens is 119 g/mol. The Labute approximate surface area is 50.8 Å². The number of hydrogen-bond acceptors (Lipinski definition) is 1. The second-order valence-electron chi connectivity index (χ2n) is 3.16. The van der Waals surface area contributed by atoms with E-state index in [-0.39, 0.29) is 0 Å². The topological polar surface area (TPSA) is 12.5 Å². The zero-order valence-corrected chi connectivity index (χ0v) is 6.32. The molecule has 3 atom stereocenters. The summed E-state index contributed by atoms with van der Waals surface area (Å²) in [6.07, 6.45) is 2.83. The first-order chi connectivity index (χ1) is 3.72. The molecule has 0 bridgehead atoms. The summed E-state index contributed by atoms with van der Waals surface area (Å²) >= 11 is 0. The molecule has 0 aromatic heterocycles. The lowest BCUT2D eigenvalue weighted by atomic mass is 10.1. The average molecular weight is 131 g/mol. The first kappa shape index (κ1) is 5.20. The molecule has 2 aliphatic heterocycles. The van der Waals surface area contributed by atoms with Crippen LogP contribution in [0.3, 0.4) is 0 Å². The van der Waals surface area contributed by atoms with E-state index in [1.54, 1.807) is 0 Å². The Morgan fingerprint density at radius 1 is 1.62 bits per heavy atom. The lowest BCUT2D eigenvalue weighted by molar-refractivity contribution is 0.346. The van der Waals surface area contributed by atoms with Gasteiger partial charge < -0.3 is 0 Å². The molecule has 0 saturated carbocycles. The Balaban J connectivity index is 2.15. The molecule has 0 aliphatic carbocycles. The molecule has 0 aromatic carbocycles. The van der Waals surface area contributed by atoms with E-state index in [1.165, 1.54) is 12.6 Å². The molecule has 0 N–H and O–H groups in total. The zero-order valence-electron chi connectivity index (χ0n) is 5.42. The summed E-state index contributed by atoms with van der Waals surface area (Å²) in [5.74, 6) is 1.62. The first-order valence-corrected chi connectivity index (χ1v) is 5.67. The molecule has 2 heteroatoms. The third kappa shape index (κ3) is 0.494. The van der Waals surface area contributed by atoms with Crippen LogP contribution < -0.4 is 0 Å². The molecule has 8 heavy (non-hydrogen) atoms. The molecule has 2 fully saturated rings. The molecule has 0 radical (unpaired) electrons. The summed E-state index contributed by atoms with van der Waals surface area (Å²) in [7, 11) is -0.683. The van der Waals surface area contributed by atoms with Gasteiger partial charge in [0.25, 0.3) is 0 Å². The minimum atomic E-state index is -0.683. The Hall–Kier alpha value is 0.390. The lowest BCUT2D eigenvalue weighted by Gasteiger charge is -1.91. The van der Waals surface area contributed by atoms with Crippen LogP contribution in [0.15, 0.2) is 0 Å². The van der Waals surface area contributed by atoms with Crippen LogP contribution in [0.5, 0.6) is 0 Å². The molecule has 0 aromatic rings. The van der Waals surface area contributed by atoms with E-state index in [9.17, 15) is 0 Å². The highest BCUT2D eigenvalue weighted by atomic mass is 31.2. The molecule has 0 amide bonds. The van der Waals surface area contributed by atoms with Gasteiger partial charge in [0.2, 0.25) is 5.85 Å². The van der Waals surface area contributed by atoms with E-state index in [1.807, 2.05) is 0 Å². The Morgan fingerprint density at radius 2 is 2.38 bits per heavy atom. The maximum Gasteiger partial charge on any atom is 0.234 e. The van der Waals surface area contributed by atoms with Crippen LogP contribution >= 0.6 is 7.49 Å². The van der Waals surface area contributed by atoms with Gasteiger partial charge in [-0.2, -0.15) is 4.52 Å². The highest BCUT2D eigenvalue weighted by Crippen LogP contribution is 2.83. The summed E-state index contributed by atoms with van der Waals surface area (Å²) < 4.78 is 5.56. The zero-order chi connectivity index (χ0) is 5.78. The van der Waals surface area contributed by atoms with Crippen LogP contribution in [0.4, 0.5) is 0 Å². The summed E-state index contributed by atoms with van der Waals surface area (Å²) in [5, 5.41) is 0. The van der Waals surface area contributed by atoms with E-state index in [0.29, 0.717) is 0 Å². The Kier molecular flexibility index (Phi) is 0.828. The van der Waals surface area contributed by atoms with Gasteiger partial charge >= 0.3 is 0 Å². The molecule has 1 nitrogen and oxygen atoms in total. The molecule has 2 aliphatic rings. The van der Waals surface area contributed by atoms with Crippen molar-refractivity contribution < 1.29 is 4.52 Å². The normalized spacial score (nSPS) is 60.8. The molecular formula is C6H12OP+. The molecule has 0 spiro atoms. The van der Waals surface area contributed by atoms with Crippen molar-refractivity contribution in [2.45, 2.75) is 19.2 Å². The SMILES string of the molecule is CC1CC[P+]2(C)OC12. The standard InChI is InChI=1S/C6H12OP/c1-5-3-4-8(2)6(5)7-8/h5-6H,3-4H2,1-2H3/q+1. The van der Waals surface area contributed by atoms with Gasteiger partial charge in [-0.3, -0.25) is 0 Å². The number of hydrogen-bond donors (Lipinski definition) is 0. The second-order valence-corrected chi connectivity index (χ2v) is 6.67.